The summed E-state index contributed by atoms with van der Waals surface area (Å²) < 4.78 is 5.55. The van der Waals surface area contributed by atoms with Gasteiger partial charge in [0.05, 0.1) is 17.6 Å². The third-order valence-electron chi connectivity index (χ3n) is 5.89. The van der Waals surface area contributed by atoms with Gasteiger partial charge < -0.3 is 10.1 Å². The highest BCUT2D eigenvalue weighted by Crippen LogP contribution is 2.47. The summed E-state index contributed by atoms with van der Waals surface area (Å²) in [6, 6.07) is 17.4. The largest absolute Gasteiger partial charge is 0.460 e. The van der Waals surface area contributed by atoms with E-state index in [2.05, 4.69) is 11.4 Å². The van der Waals surface area contributed by atoms with Crippen molar-refractivity contribution in [3.05, 3.63) is 93.8 Å². The van der Waals surface area contributed by atoms with Gasteiger partial charge in [0.15, 0.2) is 0 Å². The maximum absolute atomic E-state index is 13.5. The summed E-state index contributed by atoms with van der Waals surface area (Å²) in [5.41, 5.74) is 3.86. The minimum Gasteiger partial charge on any atom is -0.460 e. The molecule has 1 heterocycles. The molecule has 0 amide bonds. The first-order valence-corrected chi connectivity index (χ1v) is 11.0. The van der Waals surface area contributed by atoms with E-state index in [0.717, 1.165) is 16.8 Å². The quantitative estimate of drug-likeness (QED) is 0.643. The Morgan fingerprint density at radius 2 is 1.74 bits per heavy atom. The first-order valence-electron chi connectivity index (χ1n) is 10.6. The Morgan fingerprint density at radius 1 is 1.06 bits per heavy atom. The molecule has 3 atom stereocenters. The second-order valence-corrected chi connectivity index (χ2v) is 8.81. The monoisotopic (exact) mass is 435 g/mol. The highest BCUT2D eigenvalue weighted by Gasteiger charge is 2.45. The predicted octanol–water partition coefficient (Wildman–Crippen LogP) is 5.51. The second kappa shape index (κ2) is 8.72. The number of fused-ring (bicyclic) bond motifs is 1. The second-order valence-electron chi connectivity index (χ2n) is 8.40. The van der Waals surface area contributed by atoms with E-state index in [-0.39, 0.29) is 17.8 Å². The average molecular weight is 436 g/mol. The third kappa shape index (κ3) is 4.17. The summed E-state index contributed by atoms with van der Waals surface area (Å²) in [5.74, 6) is -1.32. The number of rotatable bonds is 4. The fraction of sp³-hybridized carbons (Fsp3) is 0.308. The van der Waals surface area contributed by atoms with Crippen molar-refractivity contribution in [3.8, 4) is 0 Å². The molecule has 5 heteroatoms. The van der Waals surface area contributed by atoms with Crippen molar-refractivity contribution in [1.82, 2.24) is 5.32 Å². The Morgan fingerprint density at radius 3 is 2.42 bits per heavy atom. The minimum absolute atomic E-state index is 0.00342. The Bertz CT molecular complexity index is 1070. The molecule has 2 aromatic carbocycles. The van der Waals surface area contributed by atoms with E-state index in [1.807, 2.05) is 69.3 Å². The zero-order valence-corrected chi connectivity index (χ0v) is 18.6. The molecule has 2 aliphatic rings. The van der Waals surface area contributed by atoms with Crippen LogP contribution in [0, 0.1) is 5.92 Å². The third-order valence-corrected chi connectivity index (χ3v) is 6.24. The molecule has 3 unspecified atom stereocenters. The maximum atomic E-state index is 13.5. The first kappa shape index (κ1) is 21.4. The van der Waals surface area contributed by atoms with Gasteiger partial charge in [0.2, 0.25) is 0 Å². The van der Waals surface area contributed by atoms with Gasteiger partial charge in [0, 0.05) is 34.7 Å². The molecule has 0 aromatic heterocycles. The summed E-state index contributed by atoms with van der Waals surface area (Å²) in [6.07, 6.45) is 2.24. The number of allylic oxidation sites excluding steroid dienone is 3. The van der Waals surface area contributed by atoms with Gasteiger partial charge in [-0.2, -0.15) is 0 Å². The number of ketones is 1. The number of nitrogens with one attached hydrogen (secondary N) is 1. The molecule has 31 heavy (non-hydrogen) atoms. The lowest BCUT2D eigenvalue weighted by Gasteiger charge is -2.40. The van der Waals surface area contributed by atoms with Crippen LogP contribution in [0.5, 0.6) is 0 Å². The molecule has 0 saturated carbocycles. The van der Waals surface area contributed by atoms with E-state index in [1.165, 1.54) is 0 Å². The molecule has 2 aromatic rings. The zero-order chi connectivity index (χ0) is 22.1. The molecule has 0 radical (unpaired) electrons. The van der Waals surface area contributed by atoms with Gasteiger partial charge in [0.25, 0.3) is 0 Å². The Kier molecular flexibility index (Phi) is 6.01. The van der Waals surface area contributed by atoms with Gasteiger partial charge in [-0.3, -0.25) is 4.79 Å². The van der Waals surface area contributed by atoms with E-state index in [1.54, 1.807) is 6.07 Å². The Labute approximate surface area is 187 Å². The summed E-state index contributed by atoms with van der Waals surface area (Å²) in [7, 11) is 0. The number of Topliss-reactive ketones (excluding diaryl/α,β-unsaturated/α-hetero) is 1. The molecule has 0 fully saturated rings. The van der Waals surface area contributed by atoms with Crippen molar-refractivity contribution >= 4 is 23.4 Å². The van der Waals surface area contributed by atoms with Crippen LogP contribution < -0.4 is 5.32 Å². The molecule has 0 saturated heterocycles. The smallest absolute Gasteiger partial charge is 0.336 e. The van der Waals surface area contributed by atoms with Crippen molar-refractivity contribution in [1.29, 1.82) is 0 Å². The fourth-order valence-corrected chi connectivity index (χ4v) is 4.85. The van der Waals surface area contributed by atoms with Crippen molar-refractivity contribution in [2.75, 3.05) is 0 Å². The number of ether oxygens (including phenoxy) is 1. The number of carbonyl (C=O) groups excluding carboxylic acids is 2. The van der Waals surface area contributed by atoms with Crippen LogP contribution >= 0.6 is 11.6 Å². The van der Waals surface area contributed by atoms with Crippen molar-refractivity contribution < 1.29 is 14.3 Å². The SMILES string of the molecule is CC1=C(C(=O)OC(C)C)C(c2ccccc2Cl)C2C(=O)CC(c3ccccc3)C=C2N1. The standard InChI is InChI=1S/C26H26ClNO3/c1-15(2)31-26(30)23-16(3)28-21-13-18(17-9-5-4-6-10-17)14-22(29)25(21)24(23)19-11-7-8-12-20(19)27/h4-13,15,18,24-25,28H,14H2,1-3H3. The lowest BCUT2D eigenvalue weighted by molar-refractivity contribution is -0.143. The molecule has 1 N–H and O–H groups in total. The summed E-state index contributed by atoms with van der Waals surface area (Å²) in [5, 5.41) is 3.88. The van der Waals surface area contributed by atoms with Gasteiger partial charge in [-0.1, -0.05) is 66.2 Å². The first-order chi connectivity index (χ1) is 14.9. The van der Waals surface area contributed by atoms with Gasteiger partial charge in [-0.15, -0.1) is 0 Å². The number of halogens is 1. The number of hydrogen-bond donors (Lipinski definition) is 1. The lowest BCUT2D eigenvalue weighted by Crippen LogP contribution is -2.42. The van der Waals surface area contributed by atoms with Crippen LogP contribution in [0.2, 0.25) is 5.02 Å². The maximum Gasteiger partial charge on any atom is 0.336 e. The molecule has 0 bridgehead atoms. The Balaban J connectivity index is 1.85. The highest BCUT2D eigenvalue weighted by molar-refractivity contribution is 6.31. The van der Waals surface area contributed by atoms with E-state index in [9.17, 15) is 9.59 Å². The van der Waals surface area contributed by atoms with E-state index in [4.69, 9.17) is 16.3 Å². The van der Waals surface area contributed by atoms with Gasteiger partial charge in [-0.05, 0) is 38.0 Å². The number of carbonyl (C=O) groups is 2. The van der Waals surface area contributed by atoms with Crippen molar-refractivity contribution in [2.24, 2.45) is 5.92 Å². The summed E-state index contributed by atoms with van der Waals surface area (Å²) >= 11 is 6.56. The molecule has 4 rings (SSSR count). The summed E-state index contributed by atoms with van der Waals surface area (Å²) in [6.45, 7) is 5.49. The highest BCUT2D eigenvalue weighted by atomic mass is 35.5. The molecule has 0 spiro atoms. The van der Waals surface area contributed by atoms with Crippen LogP contribution in [0.25, 0.3) is 0 Å². The van der Waals surface area contributed by atoms with E-state index >= 15 is 0 Å². The molecular weight excluding hydrogens is 410 g/mol. The molecule has 1 aliphatic carbocycles. The van der Waals surface area contributed by atoms with Crippen LogP contribution in [0.3, 0.4) is 0 Å². The van der Waals surface area contributed by atoms with Crippen molar-refractivity contribution in [3.63, 3.8) is 0 Å². The molecule has 1 aliphatic heterocycles. The zero-order valence-electron chi connectivity index (χ0n) is 17.9. The number of benzene rings is 2. The minimum atomic E-state index is -0.502. The van der Waals surface area contributed by atoms with Crippen molar-refractivity contribution in [2.45, 2.75) is 45.1 Å². The topological polar surface area (TPSA) is 55.4 Å². The van der Waals surface area contributed by atoms with Crippen LogP contribution in [0.4, 0.5) is 0 Å². The summed E-state index contributed by atoms with van der Waals surface area (Å²) in [4.78, 5) is 26.6. The Hall–Kier alpha value is -2.85. The van der Waals surface area contributed by atoms with Gasteiger partial charge in [-0.25, -0.2) is 4.79 Å². The van der Waals surface area contributed by atoms with Crippen LogP contribution in [0.15, 0.2) is 77.6 Å². The fourth-order valence-electron chi connectivity index (χ4n) is 4.60. The van der Waals surface area contributed by atoms with Crippen LogP contribution in [-0.4, -0.2) is 17.9 Å². The molecule has 160 valence electrons. The average Bonchev–Trinajstić information content (AvgIpc) is 2.73. The van der Waals surface area contributed by atoms with Crippen LogP contribution in [-0.2, 0) is 14.3 Å². The van der Waals surface area contributed by atoms with Gasteiger partial charge in [0.1, 0.15) is 5.78 Å². The predicted molar refractivity (Wildman–Crippen MR) is 122 cm³/mol. The molecule has 4 nitrogen and oxygen atoms in total. The van der Waals surface area contributed by atoms with Gasteiger partial charge >= 0.3 is 5.97 Å². The number of hydrogen-bond acceptors (Lipinski definition) is 4. The number of esters is 1. The molecular formula is C26H26ClNO3. The normalized spacial score (nSPS) is 23.2. The van der Waals surface area contributed by atoms with E-state index in [0.29, 0.717) is 22.7 Å². The van der Waals surface area contributed by atoms with E-state index < -0.39 is 17.8 Å². The lowest BCUT2D eigenvalue weighted by atomic mass is 9.68. The van der Waals surface area contributed by atoms with Crippen LogP contribution in [0.1, 0.15) is 50.2 Å².